The molecule has 0 aliphatic rings. The number of benzene rings is 2. The number of nitriles is 1. The standard InChI is InChI=1S/C21H19N3O4/c1-27-21(26)19(10-15-12-23-18-5-3-2-4-17(15)18)24-20(25)13-28-16-8-6-14(11-22)7-9-16/h2-9,12,19,23H,10,13H2,1H3,(H,24,25)/t19-/m1/s1. The number of rotatable bonds is 7. The number of H-pyrrole nitrogens is 1. The second kappa shape index (κ2) is 8.73. The average molecular weight is 377 g/mol. The Bertz CT molecular complexity index is 1020. The van der Waals surface area contributed by atoms with E-state index in [1.807, 2.05) is 36.5 Å². The summed E-state index contributed by atoms with van der Waals surface area (Å²) in [6.45, 7) is -0.257. The third kappa shape index (κ3) is 4.48. The topological polar surface area (TPSA) is 104 Å². The Morgan fingerprint density at radius 3 is 2.64 bits per heavy atom. The summed E-state index contributed by atoms with van der Waals surface area (Å²) in [5.41, 5.74) is 2.36. The van der Waals surface area contributed by atoms with Crippen LogP contribution in [0.1, 0.15) is 11.1 Å². The summed E-state index contributed by atoms with van der Waals surface area (Å²) in [4.78, 5) is 27.5. The van der Waals surface area contributed by atoms with Crippen molar-refractivity contribution >= 4 is 22.8 Å². The number of hydrogen-bond donors (Lipinski definition) is 2. The van der Waals surface area contributed by atoms with Crippen LogP contribution in [0.4, 0.5) is 0 Å². The van der Waals surface area contributed by atoms with Crippen molar-refractivity contribution in [1.82, 2.24) is 10.3 Å². The molecule has 3 rings (SSSR count). The molecule has 0 aliphatic carbocycles. The second-order valence-electron chi connectivity index (χ2n) is 6.13. The van der Waals surface area contributed by atoms with Gasteiger partial charge in [-0.1, -0.05) is 18.2 Å². The van der Waals surface area contributed by atoms with Crippen LogP contribution in [0.3, 0.4) is 0 Å². The van der Waals surface area contributed by atoms with E-state index in [2.05, 4.69) is 10.3 Å². The van der Waals surface area contributed by atoms with E-state index in [-0.39, 0.29) is 6.61 Å². The van der Waals surface area contributed by atoms with Crippen molar-refractivity contribution in [2.45, 2.75) is 12.5 Å². The van der Waals surface area contributed by atoms with Gasteiger partial charge >= 0.3 is 5.97 Å². The van der Waals surface area contributed by atoms with Crippen LogP contribution in [-0.4, -0.2) is 36.6 Å². The van der Waals surface area contributed by atoms with Crippen LogP contribution >= 0.6 is 0 Å². The number of methoxy groups -OCH3 is 1. The molecule has 0 unspecified atom stereocenters. The highest BCUT2D eigenvalue weighted by Gasteiger charge is 2.23. The molecular weight excluding hydrogens is 358 g/mol. The Balaban J connectivity index is 1.64. The molecule has 1 atom stereocenters. The molecule has 0 spiro atoms. The van der Waals surface area contributed by atoms with Crippen molar-refractivity contribution in [2.75, 3.05) is 13.7 Å². The molecule has 2 N–H and O–H groups in total. The SMILES string of the molecule is COC(=O)[C@@H](Cc1c[nH]c2ccccc12)NC(=O)COc1ccc(C#N)cc1. The summed E-state index contributed by atoms with van der Waals surface area (Å²) in [5, 5.41) is 12.4. The quantitative estimate of drug-likeness (QED) is 0.615. The predicted octanol–water partition coefficient (Wildman–Crippen LogP) is 2.32. The second-order valence-corrected chi connectivity index (χ2v) is 6.13. The zero-order chi connectivity index (χ0) is 19.9. The van der Waals surface area contributed by atoms with E-state index in [0.717, 1.165) is 16.5 Å². The van der Waals surface area contributed by atoms with Gasteiger partial charge in [-0.2, -0.15) is 5.26 Å². The van der Waals surface area contributed by atoms with E-state index < -0.39 is 17.9 Å². The Labute approximate surface area is 161 Å². The molecule has 0 bridgehead atoms. The molecule has 0 saturated carbocycles. The van der Waals surface area contributed by atoms with Crippen molar-refractivity contribution in [2.24, 2.45) is 0 Å². The highest BCUT2D eigenvalue weighted by Crippen LogP contribution is 2.19. The normalized spacial score (nSPS) is 11.4. The van der Waals surface area contributed by atoms with E-state index in [9.17, 15) is 9.59 Å². The third-order valence-corrected chi connectivity index (χ3v) is 4.27. The Morgan fingerprint density at radius 2 is 1.93 bits per heavy atom. The minimum atomic E-state index is -0.832. The molecule has 1 heterocycles. The summed E-state index contributed by atoms with van der Waals surface area (Å²) in [6.07, 6.45) is 2.11. The molecule has 142 valence electrons. The molecule has 0 aliphatic heterocycles. The van der Waals surface area contributed by atoms with Crippen LogP contribution < -0.4 is 10.1 Å². The minimum Gasteiger partial charge on any atom is -0.484 e. The summed E-state index contributed by atoms with van der Waals surface area (Å²) in [7, 11) is 1.28. The van der Waals surface area contributed by atoms with E-state index in [0.29, 0.717) is 17.7 Å². The highest BCUT2D eigenvalue weighted by atomic mass is 16.5. The number of amides is 1. The van der Waals surface area contributed by atoms with Crippen molar-refractivity contribution in [3.63, 3.8) is 0 Å². The van der Waals surface area contributed by atoms with Crippen molar-refractivity contribution in [3.8, 4) is 11.8 Å². The fourth-order valence-corrected chi connectivity index (χ4v) is 2.87. The lowest BCUT2D eigenvalue weighted by Gasteiger charge is -2.16. The van der Waals surface area contributed by atoms with Gasteiger partial charge in [-0.25, -0.2) is 4.79 Å². The van der Waals surface area contributed by atoms with Crippen LogP contribution in [0.25, 0.3) is 10.9 Å². The van der Waals surface area contributed by atoms with E-state index >= 15 is 0 Å². The van der Waals surface area contributed by atoms with Gasteiger partial charge in [-0.3, -0.25) is 4.79 Å². The van der Waals surface area contributed by atoms with Crippen molar-refractivity contribution in [1.29, 1.82) is 5.26 Å². The van der Waals surface area contributed by atoms with Crippen molar-refractivity contribution in [3.05, 3.63) is 65.9 Å². The van der Waals surface area contributed by atoms with Gasteiger partial charge in [0.1, 0.15) is 11.8 Å². The molecular formula is C21H19N3O4. The van der Waals surface area contributed by atoms with Gasteiger partial charge in [0.25, 0.3) is 5.91 Å². The van der Waals surface area contributed by atoms with Gasteiger partial charge in [0.2, 0.25) is 0 Å². The average Bonchev–Trinajstić information content (AvgIpc) is 3.14. The van der Waals surface area contributed by atoms with Gasteiger partial charge in [-0.15, -0.1) is 0 Å². The van der Waals surface area contributed by atoms with Crippen LogP contribution in [0, 0.1) is 11.3 Å². The number of aromatic nitrogens is 1. The van der Waals surface area contributed by atoms with Gasteiger partial charge in [0.15, 0.2) is 6.61 Å². The number of fused-ring (bicyclic) bond motifs is 1. The number of nitrogens with zero attached hydrogens (tertiary/aromatic N) is 1. The zero-order valence-corrected chi connectivity index (χ0v) is 15.3. The van der Waals surface area contributed by atoms with Crippen LogP contribution in [0.15, 0.2) is 54.7 Å². The fourth-order valence-electron chi connectivity index (χ4n) is 2.87. The number of esters is 1. The first-order valence-corrected chi connectivity index (χ1v) is 8.66. The molecule has 1 aromatic heterocycles. The van der Waals surface area contributed by atoms with Gasteiger partial charge < -0.3 is 19.8 Å². The largest absolute Gasteiger partial charge is 0.484 e. The Hall–Kier alpha value is -3.79. The minimum absolute atomic E-state index is 0.257. The maximum absolute atomic E-state index is 12.3. The molecule has 28 heavy (non-hydrogen) atoms. The van der Waals surface area contributed by atoms with Gasteiger partial charge in [0.05, 0.1) is 18.7 Å². The number of nitrogens with one attached hydrogen (secondary N) is 2. The summed E-state index contributed by atoms with van der Waals surface area (Å²) >= 11 is 0. The van der Waals surface area contributed by atoms with Gasteiger partial charge in [-0.05, 0) is 35.9 Å². The molecule has 0 fully saturated rings. The first kappa shape index (κ1) is 19.0. The maximum atomic E-state index is 12.3. The Kier molecular flexibility index (Phi) is 5.92. The zero-order valence-electron chi connectivity index (χ0n) is 15.3. The first-order valence-electron chi connectivity index (χ1n) is 8.66. The lowest BCUT2D eigenvalue weighted by Crippen LogP contribution is -2.44. The van der Waals surface area contributed by atoms with Gasteiger partial charge in [0, 0.05) is 23.5 Å². The molecule has 0 saturated heterocycles. The maximum Gasteiger partial charge on any atom is 0.328 e. The lowest BCUT2D eigenvalue weighted by atomic mass is 10.0. The van der Waals surface area contributed by atoms with E-state index in [1.165, 1.54) is 7.11 Å². The van der Waals surface area contributed by atoms with E-state index in [4.69, 9.17) is 14.7 Å². The highest BCUT2D eigenvalue weighted by molar-refractivity contribution is 5.87. The molecule has 1 amide bonds. The van der Waals surface area contributed by atoms with Crippen molar-refractivity contribution < 1.29 is 19.1 Å². The van der Waals surface area contributed by atoms with Crippen LogP contribution in [-0.2, 0) is 20.7 Å². The monoisotopic (exact) mass is 377 g/mol. The smallest absolute Gasteiger partial charge is 0.328 e. The fraction of sp³-hybridized carbons (Fsp3) is 0.190. The Morgan fingerprint density at radius 1 is 1.18 bits per heavy atom. The molecule has 2 aromatic carbocycles. The summed E-state index contributed by atoms with van der Waals surface area (Å²) in [5.74, 6) is -0.517. The molecule has 0 radical (unpaired) electrons. The van der Waals surface area contributed by atoms with E-state index in [1.54, 1.807) is 24.3 Å². The summed E-state index contributed by atoms with van der Waals surface area (Å²) < 4.78 is 10.2. The first-order chi connectivity index (χ1) is 13.6. The molecule has 3 aromatic rings. The number of ether oxygens (including phenoxy) is 2. The van der Waals surface area contributed by atoms with Crippen LogP contribution in [0.5, 0.6) is 5.75 Å². The predicted molar refractivity (Wildman–Crippen MR) is 103 cm³/mol. The van der Waals surface area contributed by atoms with Crippen LogP contribution in [0.2, 0.25) is 0 Å². The molecule has 7 nitrogen and oxygen atoms in total. The number of aromatic amines is 1. The number of carbonyl (C=O) groups is 2. The number of hydrogen-bond acceptors (Lipinski definition) is 5. The third-order valence-electron chi connectivity index (χ3n) is 4.27. The lowest BCUT2D eigenvalue weighted by molar-refractivity contribution is -0.145. The summed E-state index contributed by atoms with van der Waals surface area (Å²) in [6, 6.07) is 15.3. The molecule has 7 heteroatoms. The number of carbonyl (C=O) groups excluding carboxylic acids is 2. The number of para-hydroxylation sites is 1.